The van der Waals surface area contributed by atoms with Gasteiger partial charge in [-0.25, -0.2) is 8.42 Å². The first-order valence-corrected chi connectivity index (χ1v) is 9.80. The van der Waals surface area contributed by atoms with Gasteiger partial charge in [0.05, 0.1) is 4.90 Å². The van der Waals surface area contributed by atoms with Crippen molar-refractivity contribution in [2.24, 2.45) is 0 Å². The van der Waals surface area contributed by atoms with Gasteiger partial charge in [-0.2, -0.15) is 0 Å². The molecule has 134 valence electrons. The number of carbonyl (C=O) groups excluding carboxylic acids is 1. The molecule has 0 unspecified atom stereocenters. The minimum Gasteiger partial charge on any atom is -0.326 e. The maximum Gasteiger partial charge on any atom is 0.261 e. The Morgan fingerprint density at radius 3 is 2.32 bits per heavy atom. The predicted molar refractivity (Wildman–Crippen MR) is 101 cm³/mol. The van der Waals surface area contributed by atoms with E-state index >= 15 is 0 Å². The second-order valence-electron chi connectivity index (χ2n) is 6.10. The minimum atomic E-state index is -3.63. The van der Waals surface area contributed by atoms with E-state index in [0.717, 1.165) is 24.0 Å². The van der Waals surface area contributed by atoms with Crippen molar-refractivity contribution >= 4 is 27.3 Å². The van der Waals surface area contributed by atoms with Crippen molar-refractivity contribution in [3.63, 3.8) is 0 Å². The van der Waals surface area contributed by atoms with Crippen molar-refractivity contribution in [3.05, 3.63) is 53.6 Å². The van der Waals surface area contributed by atoms with Gasteiger partial charge in [-0.15, -0.1) is 0 Å². The number of hydrogen-bond acceptors (Lipinski definition) is 3. The summed E-state index contributed by atoms with van der Waals surface area (Å²) in [5.74, 6) is -0.0297. The largest absolute Gasteiger partial charge is 0.326 e. The number of amides is 1. The van der Waals surface area contributed by atoms with Crippen molar-refractivity contribution in [2.75, 3.05) is 10.0 Å². The van der Waals surface area contributed by atoms with E-state index < -0.39 is 10.0 Å². The quantitative estimate of drug-likeness (QED) is 0.776. The smallest absolute Gasteiger partial charge is 0.261 e. The standard InChI is InChI=1S/C19H24N2O3S/c1-4-5-6-19(22)20-18-12-9-16(13-15(18)3)21-25(23,24)17-10-7-14(2)8-11-17/h7-13,21H,4-6H2,1-3H3,(H,20,22). The third-order valence-electron chi connectivity index (χ3n) is 3.84. The molecule has 0 heterocycles. The summed E-state index contributed by atoms with van der Waals surface area (Å²) in [5.41, 5.74) is 2.95. The van der Waals surface area contributed by atoms with Crippen molar-refractivity contribution in [3.8, 4) is 0 Å². The Labute approximate surface area is 149 Å². The molecule has 0 aliphatic rings. The van der Waals surface area contributed by atoms with Gasteiger partial charge < -0.3 is 5.32 Å². The molecule has 0 fully saturated rings. The SMILES string of the molecule is CCCCC(=O)Nc1ccc(NS(=O)(=O)c2ccc(C)cc2)cc1C. The lowest BCUT2D eigenvalue weighted by atomic mass is 10.1. The van der Waals surface area contributed by atoms with Crippen LogP contribution < -0.4 is 10.0 Å². The van der Waals surface area contributed by atoms with Crippen LogP contribution >= 0.6 is 0 Å². The van der Waals surface area contributed by atoms with Crippen LogP contribution in [0.2, 0.25) is 0 Å². The molecule has 6 heteroatoms. The Bertz CT molecular complexity index is 843. The van der Waals surface area contributed by atoms with E-state index in [2.05, 4.69) is 10.0 Å². The van der Waals surface area contributed by atoms with Crippen molar-refractivity contribution in [1.29, 1.82) is 0 Å². The number of benzene rings is 2. The third-order valence-corrected chi connectivity index (χ3v) is 5.24. The molecule has 5 nitrogen and oxygen atoms in total. The van der Waals surface area contributed by atoms with Gasteiger partial charge in [0.15, 0.2) is 0 Å². The Morgan fingerprint density at radius 1 is 1.04 bits per heavy atom. The van der Waals surface area contributed by atoms with Crippen LogP contribution in [0.4, 0.5) is 11.4 Å². The van der Waals surface area contributed by atoms with E-state index in [9.17, 15) is 13.2 Å². The summed E-state index contributed by atoms with van der Waals surface area (Å²) < 4.78 is 27.4. The van der Waals surface area contributed by atoms with Gasteiger partial charge in [0.1, 0.15) is 0 Å². The van der Waals surface area contributed by atoms with E-state index in [0.29, 0.717) is 17.8 Å². The number of hydrogen-bond donors (Lipinski definition) is 2. The van der Waals surface area contributed by atoms with Gasteiger partial charge in [0.2, 0.25) is 5.91 Å². The predicted octanol–water partition coefficient (Wildman–Crippen LogP) is 4.23. The molecule has 0 saturated heterocycles. The molecule has 0 radical (unpaired) electrons. The molecule has 0 saturated carbocycles. The first-order valence-electron chi connectivity index (χ1n) is 8.32. The van der Waals surface area contributed by atoms with Gasteiger partial charge in [-0.1, -0.05) is 31.0 Å². The molecule has 25 heavy (non-hydrogen) atoms. The summed E-state index contributed by atoms with van der Waals surface area (Å²) in [6.07, 6.45) is 2.29. The highest BCUT2D eigenvalue weighted by molar-refractivity contribution is 7.92. The minimum absolute atomic E-state index is 0.0297. The van der Waals surface area contributed by atoms with Crippen LogP contribution in [0.25, 0.3) is 0 Å². The van der Waals surface area contributed by atoms with E-state index in [4.69, 9.17) is 0 Å². The molecule has 2 N–H and O–H groups in total. The molecule has 1 amide bonds. The Morgan fingerprint density at radius 2 is 1.72 bits per heavy atom. The average Bonchev–Trinajstić information content (AvgIpc) is 2.55. The Balaban J connectivity index is 2.12. The lowest BCUT2D eigenvalue weighted by Crippen LogP contribution is -2.14. The summed E-state index contributed by atoms with van der Waals surface area (Å²) in [7, 11) is -3.63. The van der Waals surface area contributed by atoms with Crippen LogP contribution in [-0.2, 0) is 14.8 Å². The first-order chi connectivity index (χ1) is 11.8. The fourth-order valence-electron chi connectivity index (χ4n) is 2.35. The molecule has 0 spiro atoms. The maximum atomic E-state index is 12.4. The molecule has 0 bridgehead atoms. The summed E-state index contributed by atoms with van der Waals surface area (Å²) in [4.78, 5) is 12.0. The van der Waals surface area contributed by atoms with Gasteiger partial charge in [-0.05, 0) is 56.2 Å². The molecule has 0 aliphatic carbocycles. The maximum absolute atomic E-state index is 12.4. The second kappa shape index (κ2) is 8.16. The lowest BCUT2D eigenvalue weighted by Gasteiger charge is -2.12. The molecular formula is C19H24N2O3S. The van der Waals surface area contributed by atoms with E-state index in [1.165, 1.54) is 0 Å². The molecule has 0 aromatic heterocycles. The van der Waals surface area contributed by atoms with Crippen LogP contribution in [0.5, 0.6) is 0 Å². The third kappa shape index (κ3) is 5.32. The number of nitrogens with one attached hydrogen (secondary N) is 2. The number of unbranched alkanes of at least 4 members (excludes halogenated alkanes) is 1. The molecule has 0 aliphatic heterocycles. The zero-order valence-corrected chi connectivity index (χ0v) is 15.6. The lowest BCUT2D eigenvalue weighted by molar-refractivity contribution is -0.116. The van der Waals surface area contributed by atoms with Gasteiger partial charge in [-0.3, -0.25) is 9.52 Å². The van der Waals surface area contributed by atoms with Gasteiger partial charge in [0, 0.05) is 17.8 Å². The topological polar surface area (TPSA) is 75.3 Å². The molecule has 2 aromatic carbocycles. The van der Waals surface area contributed by atoms with E-state index in [1.54, 1.807) is 42.5 Å². The monoisotopic (exact) mass is 360 g/mol. The van der Waals surface area contributed by atoms with E-state index in [-0.39, 0.29) is 10.8 Å². The zero-order chi connectivity index (χ0) is 18.4. The van der Waals surface area contributed by atoms with Crippen molar-refractivity contribution < 1.29 is 13.2 Å². The summed E-state index contributed by atoms with van der Waals surface area (Å²) >= 11 is 0. The van der Waals surface area contributed by atoms with Crippen molar-refractivity contribution in [2.45, 2.75) is 44.9 Å². The van der Waals surface area contributed by atoms with Crippen LogP contribution in [0, 0.1) is 13.8 Å². The fraction of sp³-hybridized carbons (Fsp3) is 0.316. The average molecular weight is 360 g/mol. The summed E-state index contributed by atoms with van der Waals surface area (Å²) in [5, 5.41) is 2.86. The Hall–Kier alpha value is -2.34. The van der Waals surface area contributed by atoms with Crippen LogP contribution in [0.1, 0.15) is 37.3 Å². The Kier molecular flexibility index (Phi) is 6.20. The van der Waals surface area contributed by atoms with Crippen LogP contribution in [0.3, 0.4) is 0 Å². The molecular weight excluding hydrogens is 336 g/mol. The first kappa shape index (κ1) is 19.0. The van der Waals surface area contributed by atoms with Crippen LogP contribution in [-0.4, -0.2) is 14.3 Å². The highest BCUT2D eigenvalue weighted by Gasteiger charge is 2.14. The highest BCUT2D eigenvalue weighted by atomic mass is 32.2. The number of rotatable bonds is 7. The summed E-state index contributed by atoms with van der Waals surface area (Å²) in [6.45, 7) is 5.77. The summed E-state index contributed by atoms with van der Waals surface area (Å²) in [6, 6.07) is 11.7. The molecule has 2 rings (SSSR count). The number of sulfonamides is 1. The molecule has 0 atom stereocenters. The fourth-order valence-corrected chi connectivity index (χ4v) is 3.40. The second-order valence-corrected chi connectivity index (χ2v) is 7.78. The van der Waals surface area contributed by atoms with Crippen LogP contribution in [0.15, 0.2) is 47.4 Å². The van der Waals surface area contributed by atoms with Gasteiger partial charge in [0.25, 0.3) is 10.0 Å². The number of carbonyl (C=O) groups is 1. The van der Waals surface area contributed by atoms with E-state index in [1.807, 2.05) is 20.8 Å². The number of aryl methyl sites for hydroxylation is 2. The zero-order valence-electron chi connectivity index (χ0n) is 14.8. The normalized spacial score (nSPS) is 11.2. The highest BCUT2D eigenvalue weighted by Crippen LogP contribution is 2.23. The number of anilines is 2. The van der Waals surface area contributed by atoms with Gasteiger partial charge >= 0.3 is 0 Å². The molecule has 2 aromatic rings. The van der Waals surface area contributed by atoms with Crippen molar-refractivity contribution in [1.82, 2.24) is 0 Å².